The van der Waals surface area contributed by atoms with Crippen molar-refractivity contribution in [3.63, 3.8) is 0 Å². The average molecular weight is 298 g/mol. The van der Waals surface area contributed by atoms with Crippen molar-refractivity contribution in [3.8, 4) is 0 Å². The van der Waals surface area contributed by atoms with Crippen LogP contribution in [0.4, 0.5) is 0 Å². The van der Waals surface area contributed by atoms with Crippen LogP contribution >= 0.6 is 0 Å². The smallest absolute Gasteiger partial charge is 0.258 e. The van der Waals surface area contributed by atoms with Crippen molar-refractivity contribution in [2.45, 2.75) is 31.2 Å². The highest BCUT2D eigenvalue weighted by Gasteiger charge is 2.18. The van der Waals surface area contributed by atoms with Gasteiger partial charge in [-0.25, -0.2) is 18.1 Å². The molecule has 2 rings (SSSR count). The van der Waals surface area contributed by atoms with Crippen molar-refractivity contribution < 1.29 is 12.9 Å². The molecule has 0 saturated heterocycles. The van der Waals surface area contributed by atoms with Gasteiger partial charge in [0.1, 0.15) is 4.90 Å². The zero-order valence-corrected chi connectivity index (χ0v) is 12.5. The molecule has 2 N–H and O–H groups in total. The maximum Gasteiger partial charge on any atom is 0.258 e. The molecule has 110 valence electrons. The molecule has 0 aliphatic carbocycles. The number of aromatic nitrogens is 2. The number of likely N-dealkylation sites (N-methyl/N-ethyl adjacent to an activating group) is 1. The molecule has 2 aromatic heterocycles. The molecule has 7 nitrogen and oxygen atoms in total. The zero-order chi connectivity index (χ0) is 14.8. The zero-order valence-electron chi connectivity index (χ0n) is 11.7. The third-order valence-electron chi connectivity index (χ3n) is 3.10. The molecule has 2 aromatic rings. The molecule has 2 heterocycles. The number of hydrogen-bond acceptors (Lipinski definition) is 6. The highest BCUT2D eigenvalue weighted by molar-refractivity contribution is 7.89. The summed E-state index contributed by atoms with van der Waals surface area (Å²) in [6.07, 6.45) is 1.93. The predicted octanol–water partition coefficient (Wildman–Crippen LogP) is 0.671. The van der Waals surface area contributed by atoms with Crippen LogP contribution in [0.3, 0.4) is 0 Å². The summed E-state index contributed by atoms with van der Waals surface area (Å²) >= 11 is 0. The van der Waals surface area contributed by atoms with Crippen LogP contribution in [-0.4, -0.2) is 38.2 Å². The van der Waals surface area contributed by atoms with Gasteiger partial charge in [-0.2, -0.15) is 0 Å². The maximum absolute atomic E-state index is 12.2. The number of nitrogens with one attached hydrogen (secondary N) is 2. The van der Waals surface area contributed by atoms with Crippen LogP contribution < -0.4 is 10.0 Å². The summed E-state index contributed by atoms with van der Waals surface area (Å²) in [5, 5.41) is 7.46. The van der Waals surface area contributed by atoms with Crippen LogP contribution in [0.2, 0.25) is 0 Å². The lowest BCUT2D eigenvalue weighted by Crippen LogP contribution is -2.37. The van der Waals surface area contributed by atoms with E-state index in [1.807, 2.05) is 13.8 Å². The summed E-state index contributed by atoms with van der Waals surface area (Å²) in [5.74, 6) is 0. The lowest BCUT2D eigenvalue weighted by Gasteiger charge is -2.11. The average Bonchev–Trinajstić information content (AvgIpc) is 2.86. The number of fused-ring (bicyclic) bond motifs is 1. The fourth-order valence-corrected chi connectivity index (χ4v) is 2.78. The van der Waals surface area contributed by atoms with Gasteiger partial charge in [0.2, 0.25) is 10.0 Å². The molecule has 0 aromatic carbocycles. The van der Waals surface area contributed by atoms with Gasteiger partial charge in [-0.1, -0.05) is 12.1 Å². The number of pyridine rings is 1. The minimum absolute atomic E-state index is 0.0447. The Labute approximate surface area is 117 Å². The lowest BCUT2D eigenvalue weighted by atomic mass is 10.2. The van der Waals surface area contributed by atoms with Gasteiger partial charge in [-0.15, -0.1) is 0 Å². The lowest BCUT2D eigenvalue weighted by molar-refractivity contribution is 0.439. The minimum Gasteiger partial charge on any atom is -0.336 e. The number of nitrogens with zero attached hydrogens (tertiary/aromatic N) is 2. The van der Waals surface area contributed by atoms with E-state index in [2.05, 4.69) is 20.2 Å². The molecule has 0 radical (unpaired) electrons. The number of hydrogen-bond donors (Lipinski definition) is 2. The molecule has 0 fully saturated rings. The first-order valence-electron chi connectivity index (χ1n) is 6.39. The van der Waals surface area contributed by atoms with Gasteiger partial charge in [0.15, 0.2) is 0 Å². The molecule has 0 aliphatic heterocycles. The Kier molecular flexibility index (Phi) is 4.36. The predicted molar refractivity (Wildman–Crippen MR) is 74.9 cm³/mol. The Morgan fingerprint density at radius 1 is 1.45 bits per heavy atom. The van der Waals surface area contributed by atoms with Gasteiger partial charge in [0.25, 0.3) is 5.71 Å². The summed E-state index contributed by atoms with van der Waals surface area (Å²) in [4.78, 5) is 4.12. The monoisotopic (exact) mass is 298 g/mol. The minimum atomic E-state index is -3.58. The summed E-state index contributed by atoms with van der Waals surface area (Å²) in [5.41, 5.74) is 1.05. The Morgan fingerprint density at radius 3 is 2.85 bits per heavy atom. The van der Waals surface area contributed by atoms with Crippen LogP contribution in [0.15, 0.2) is 21.7 Å². The van der Waals surface area contributed by atoms with Crippen molar-refractivity contribution >= 4 is 21.1 Å². The summed E-state index contributed by atoms with van der Waals surface area (Å²) < 4.78 is 32.0. The molecule has 20 heavy (non-hydrogen) atoms. The SMILES string of the molecule is CCc1noc2ncc(S(=O)(=O)NCC(C)NC)cc12. The Morgan fingerprint density at radius 2 is 2.20 bits per heavy atom. The first-order chi connectivity index (χ1) is 9.47. The molecule has 0 bridgehead atoms. The topological polar surface area (TPSA) is 97.1 Å². The molecule has 0 amide bonds. The molecule has 0 aliphatic rings. The molecule has 0 spiro atoms. The van der Waals surface area contributed by atoms with E-state index in [0.29, 0.717) is 29.8 Å². The van der Waals surface area contributed by atoms with Gasteiger partial charge >= 0.3 is 0 Å². The van der Waals surface area contributed by atoms with Crippen molar-refractivity contribution in [2.75, 3.05) is 13.6 Å². The van der Waals surface area contributed by atoms with Gasteiger partial charge in [-0.3, -0.25) is 0 Å². The largest absolute Gasteiger partial charge is 0.336 e. The molecule has 0 saturated carbocycles. The van der Waals surface area contributed by atoms with Crippen molar-refractivity contribution in [2.24, 2.45) is 0 Å². The van der Waals surface area contributed by atoms with Crippen LogP contribution in [0, 0.1) is 0 Å². The normalized spacial score (nSPS) is 13.8. The van der Waals surface area contributed by atoms with Gasteiger partial charge < -0.3 is 9.84 Å². The van der Waals surface area contributed by atoms with Gasteiger partial charge in [0, 0.05) is 12.6 Å². The second-order valence-corrected chi connectivity index (χ2v) is 6.32. The van der Waals surface area contributed by atoms with Crippen LogP contribution in [-0.2, 0) is 16.4 Å². The Bertz CT molecular complexity index is 696. The Balaban J connectivity index is 2.31. The third kappa shape index (κ3) is 2.97. The molecule has 1 atom stereocenters. The second kappa shape index (κ2) is 5.86. The first kappa shape index (κ1) is 14.9. The van der Waals surface area contributed by atoms with E-state index >= 15 is 0 Å². The summed E-state index contributed by atoms with van der Waals surface area (Å²) in [6.45, 7) is 4.12. The van der Waals surface area contributed by atoms with E-state index in [1.54, 1.807) is 13.1 Å². The fraction of sp³-hybridized carbons (Fsp3) is 0.500. The second-order valence-electron chi connectivity index (χ2n) is 4.55. The quantitative estimate of drug-likeness (QED) is 0.813. The third-order valence-corrected chi connectivity index (χ3v) is 4.49. The maximum atomic E-state index is 12.2. The van der Waals surface area contributed by atoms with Gasteiger partial charge in [0.05, 0.1) is 17.3 Å². The molecular formula is C12H18N4O3S. The van der Waals surface area contributed by atoms with Crippen molar-refractivity contribution in [1.82, 2.24) is 20.2 Å². The first-order valence-corrected chi connectivity index (χ1v) is 7.87. The number of aryl methyl sites for hydroxylation is 1. The fourth-order valence-electron chi connectivity index (χ4n) is 1.68. The highest BCUT2D eigenvalue weighted by atomic mass is 32.2. The van der Waals surface area contributed by atoms with Crippen LogP contribution in [0.5, 0.6) is 0 Å². The van der Waals surface area contributed by atoms with Gasteiger partial charge in [-0.05, 0) is 26.5 Å². The number of rotatable bonds is 6. The highest BCUT2D eigenvalue weighted by Crippen LogP contribution is 2.20. The number of sulfonamides is 1. The van der Waals surface area contributed by atoms with E-state index < -0.39 is 10.0 Å². The van der Waals surface area contributed by atoms with Crippen molar-refractivity contribution in [3.05, 3.63) is 18.0 Å². The molecular weight excluding hydrogens is 280 g/mol. The molecule has 1 unspecified atom stereocenters. The van der Waals surface area contributed by atoms with E-state index in [1.165, 1.54) is 6.20 Å². The molecule has 8 heteroatoms. The van der Waals surface area contributed by atoms with E-state index in [9.17, 15) is 8.42 Å². The van der Waals surface area contributed by atoms with E-state index in [4.69, 9.17) is 4.52 Å². The van der Waals surface area contributed by atoms with E-state index in [-0.39, 0.29) is 10.9 Å². The van der Waals surface area contributed by atoms with Crippen molar-refractivity contribution in [1.29, 1.82) is 0 Å². The van der Waals surface area contributed by atoms with Crippen LogP contribution in [0.25, 0.3) is 11.1 Å². The standard InChI is InChI=1S/C12H18N4O3S/c1-4-11-10-5-9(7-14-12(10)19-16-11)20(17,18)15-6-8(2)13-3/h5,7-8,13,15H,4,6H2,1-3H3. The summed E-state index contributed by atoms with van der Waals surface area (Å²) in [7, 11) is -1.81. The van der Waals surface area contributed by atoms with E-state index in [0.717, 1.165) is 0 Å². The van der Waals surface area contributed by atoms with Crippen LogP contribution in [0.1, 0.15) is 19.5 Å². The summed E-state index contributed by atoms with van der Waals surface area (Å²) in [6, 6.07) is 1.59. The Hall–Kier alpha value is -1.51.